The summed E-state index contributed by atoms with van der Waals surface area (Å²) in [5, 5.41) is 9.23. The zero-order valence-corrected chi connectivity index (χ0v) is 14.4. The van der Waals surface area contributed by atoms with E-state index in [1.807, 2.05) is 66.9 Å². The third kappa shape index (κ3) is 3.49. The fraction of sp³-hybridized carbons (Fsp3) is 0.167. The number of aromatic nitrogens is 3. The highest BCUT2D eigenvalue weighted by molar-refractivity contribution is 7.99. The molecule has 1 amide bonds. The van der Waals surface area contributed by atoms with Crippen molar-refractivity contribution in [2.24, 2.45) is 5.73 Å². The van der Waals surface area contributed by atoms with Crippen molar-refractivity contribution in [2.45, 2.75) is 19.0 Å². The van der Waals surface area contributed by atoms with Crippen LogP contribution < -0.4 is 5.73 Å². The van der Waals surface area contributed by atoms with Gasteiger partial charge in [0.05, 0.1) is 5.75 Å². The Labute approximate surface area is 144 Å². The molecule has 2 N–H and O–H groups in total. The van der Waals surface area contributed by atoms with Gasteiger partial charge < -0.3 is 5.73 Å². The lowest BCUT2D eigenvalue weighted by atomic mass is 10.1. The van der Waals surface area contributed by atoms with E-state index >= 15 is 0 Å². The number of carbonyl (C=O) groups is 1. The summed E-state index contributed by atoms with van der Waals surface area (Å²) >= 11 is 1.29. The molecular formula is C18H18N4OS. The van der Waals surface area contributed by atoms with E-state index in [2.05, 4.69) is 10.2 Å². The summed E-state index contributed by atoms with van der Waals surface area (Å²) in [4.78, 5) is 11.1. The van der Waals surface area contributed by atoms with Gasteiger partial charge in [0, 0.05) is 11.3 Å². The van der Waals surface area contributed by atoms with Crippen LogP contribution in [0.4, 0.5) is 0 Å². The van der Waals surface area contributed by atoms with Crippen molar-refractivity contribution in [2.75, 3.05) is 5.75 Å². The van der Waals surface area contributed by atoms with E-state index in [0.717, 1.165) is 17.1 Å². The molecule has 122 valence electrons. The summed E-state index contributed by atoms with van der Waals surface area (Å²) < 4.78 is 1.96. The molecule has 0 spiro atoms. The van der Waals surface area contributed by atoms with Gasteiger partial charge in [-0.15, -0.1) is 10.2 Å². The Hall–Kier alpha value is -2.60. The Bertz CT molecular complexity index is 854. The molecule has 0 unspecified atom stereocenters. The monoisotopic (exact) mass is 338 g/mol. The Kier molecular flexibility index (Phi) is 4.66. The Morgan fingerprint density at radius 1 is 1.00 bits per heavy atom. The van der Waals surface area contributed by atoms with Gasteiger partial charge in [0.25, 0.3) is 0 Å². The maximum absolute atomic E-state index is 11.1. The number of amides is 1. The number of carbonyl (C=O) groups excluding carboxylic acids is 1. The molecular weight excluding hydrogens is 320 g/mol. The van der Waals surface area contributed by atoms with Gasteiger partial charge in [-0.05, 0) is 26.0 Å². The number of aryl methyl sites for hydroxylation is 2. The van der Waals surface area contributed by atoms with Gasteiger partial charge >= 0.3 is 0 Å². The van der Waals surface area contributed by atoms with Crippen molar-refractivity contribution >= 4 is 17.7 Å². The molecule has 6 heteroatoms. The van der Waals surface area contributed by atoms with E-state index in [1.165, 1.54) is 22.9 Å². The Morgan fingerprint density at radius 3 is 2.17 bits per heavy atom. The first-order valence-electron chi connectivity index (χ1n) is 7.55. The molecule has 1 heterocycles. The lowest BCUT2D eigenvalue weighted by Gasteiger charge is -2.10. The molecule has 0 saturated heterocycles. The largest absolute Gasteiger partial charge is 0.369 e. The third-order valence-corrected chi connectivity index (χ3v) is 4.53. The van der Waals surface area contributed by atoms with Gasteiger partial charge in [0.1, 0.15) is 0 Å². The van der Waals surface area contributed by atoms with Crippen molar-refractivity contribution in [1.29, 1.82) is 0 Å². The number of benzene rings is 2. The summed E-state index contributed by atoms with van der Waals surface area (Å²) in [7, 11) is 0. The first kappa shape index (κ1) is 16.3. The molecule has 0 saturated carbocycles. The van der Waals surface area contributed by atoms with Crippen molar-refractivity contribution in [3.63, 3.8) is 0 Å². The molecule has 3 rings (SSSR count). The van der Waals surface area contributed by atoms with Crippen molar-refractivity contribution < 1.29 is 4.79 Å². The average Bonchev–Trinajstić information content (AvgIpc) is 2.98. The number of thioether (sulfide) groups is 1. The number of hydrogen-bond acceptors (Lipinski definition) is 4. The van der Waals surface area contributed by atoms with E-state index in [-0.39, 0.29) is 11.7 Å². The van der Waals surface area contributed by atoms with Crippen molar-refractivity contribution in [3.8, 4) is 17.1 Å². The maximum Gasteiger partial charge on any atom is 0.227 e. The number of primary amides is 1. The molecule has 2 aromatic carbocycles. The van der Waals surface area contributed by atoms with Crippen LogP contribution in [0.2, 0.25) is 0 Å². The summed E-state index contributed by atoms with van der Waals surface area (Å²) in [6, 6.07) is 16.2. The van der Waals surface area contributed by atoms with Gasteiger partial charge in [-0.25, -0.2) is 0 Å². The summed E-state index contributed by atoms with van der Waals surface area (Å²) in [5.41, 5.74) is 9.55. The Morgan fingerprint density at radius 2 is 1.58 bits per heavy atom. The quantitative estimate of drug-likeness (QED) is 0.725. The van der Waals surface area contributed by atoms with Gasteiger partial charge in [0.2, 0.25) is 5.91 Å². The topological polar surface area (TPSA) is 73.8 Å². The summed E-state index contributed by atoms with van der Waals surface area (Å²) in [6.45, 7) is 4.09. The van der Waals surface area contributed by atoms with Crippen LogP contribution in [0.1, 0.15) is 11.1 Å². The van der Waals surface area contributed by atoms with Gasteiger partial charge in [-0.1, -0.05) is 59.3 Å². The summed E-state index contributed by atoms with van der Waals surface area (Å²) in [5.74, 6) is 0.527. The SMILES string of the molecule is Cc1ccc(-c2nnc(SCC(N)=O)n2-c2ccc(C)cc2)cc1. The maximum atomic E-state index is 11.1. The smallest absolute Gasteiger partial charge is 0.227 e. The molecule has 5 nitrogen and oxygen atoms in total. The lowest BCUT2D eigenvalue weighted by molar-refractivity contribution is -0.115. The second-order valence-corrected chi connectivity index (χ2v) is 6.54. The first-order chi connectivity index (χ1) is 11.5. The normalized spacial score (nSPS) is 10.8. The highest BCUT2D eigenvalue weighted by Gasteiger charge is 2.16. The minimum Gasteiger partial charge on any atom is -0.369 e. The van der Waals surface area contributed by atoms with Crippen molar-refractivity contribution in [3.05, 3.63) is 59.7 Å². The van der Waals surface area contributed by atoms with Crippen LogP contribution in [0, 0.1) is 13.8 Å². The zero-order valence-electron chi connectivity index (χ0n) is 13.6. The van der Waals surface area contributed by atoms with Crippen LogP contribution in [-0.2, 0) is 4.79 Å². The first-order valence-corrected chi connectivity index (χ1v) is 8.54. The van der Waals surface area contributed by atoms with Gasteiger partial charge in [-0.3, -0.25) is 9.36 Å². The van der Waals surface area contributed by atoms with Gasteiger partial charge in [-0.2, -0.15) is 0 Å². The minimum absolute atomic E-state index is 0.165. The standard InChI is InChI=1S/C18H18N4OS/c1-12-3-7-14(8-4-12)17-20-21-18(24-11-16(19)23)22(17)15-9-5-13(2)6-10-15/h3-10H,11H2,1-2H3,(H2,19,23). The van der Waals surface area contributed by atoms with E-state index in [4.69, 9.17) is 5.73 Å². The molecule has 0 aliphatic rings. The third-order valence-electron chi connectivity index (χ3n) is 3.58. The van der Waals surface area contributed by atoms with E-state index in [1.54, 1.807) is 0 Å². The van der Waals surface area contributed by atoms with Gasteiger partial charge in [0.15, 0.2) is 11.0 Å². The number of hydrogen-bond donors (Lipinski definition) is 1. The minimum atomic E-state index is -0.379. The molecule has 0 bridgehead atoms. The molecule has 0 radical (unpaired) electrons. The fourth-order valence-corrected chi connectivity index (χ4v) is 3.01. The van der Waals surface area contributed by atoms with Crippen LogP contribution in [0.25, 0.3) is 17.1 Å². The average molecular weight is 338 g/mol. The highest BCUT2D eigenvalue weighted by Crippen LogP contribution is 2.28. The molecule has 1 aromatic heterocycles. The molecule has 3 aromatic rings. The number of nitrogens with zero attached hydrogens (tertiary/aromatic N) is 3. The fourth-order valence-electron chi connectivity index (χ4n) is 2.32. The lowest BCUT2D eigenvalue weighted by Crippen LogP contribution is -2.13. The molecule has 0 atom stereocenters. The van der Waals surface area contributed by atoms with Crippen LogP contribution >= 0.6 is 11.8 Å². The van der Waals surface area contributed by atoms with E-state index in [0.29, 0.717) is 5.16 Å². The van der Waals surface area contributed by atoms with Crippen molar-refractivity contribution in [1.82, 2.24) is 14.8 Å². The van der Waals surface area contributed by atoms with Crippen LogP contribution in [0.5, 0.6) is 0 Å². The predicted molar refractivity (Wildman–Crippen MR) is 96.2 cm³/mol. The van der Waals surface area contributed by atoms with Crippen LogP contribution in [0.15, 0.2) is 53.7 Å². The Balaban J connectivity index is 2.09. The predicted octanol–water partition coefficient (Wildman–Crippen LogP) is 3.13. The van der Waals surface area contributed by atoms with E-state index in [9.17, 15) is 4.79 Å². The molecule has 0 fully saturated rings. The molecule has 0 aliphatic carbocycles. The second kappa shape index (κ2) is 6.88. The molecule has 0 aliphatic heterocycles. The zero-order chi connectivity index (χ0) is 17.1. The van der Waals surface area contributed by atoms with Crippen LogP contribution in [-0.4, -0.2) is 26.4 Å². The number of rotatable bonds is 5. The second-order valence-electron chi connectivity index (χ2n) is 5.60. The highest BCUT2D eigenvalue weighted by atomic mass is 32.2. The van der Waals surface area contributed by atoms with Crippen LogP contribution in [0.3, 0.4) is 0 Å². The number of nitrogens with two attached hydrogens (primary N) is 1. The van der Waals surface area contributed by atoms with E-state index < -0.39 is 0 Å². The molecule has 24 heavy (non-hydrogen) atoms. The summed E-state index contributed by atoms with van der Waals surface area (Å²) in [6.07, 6.45) is 0.